The highest BCUT2D eigenvalue weighted by molar-refractivity contribution is 6.36. The van der Waals surface area contributed by atoms with Crippen molar-refractivity contribution >= 4 is 29.0 Å². The van der Waals surface area contributed by atoms with E-state index in [9.17, 15) is 4.39 Å². The molecule has 9 heteroatoms. The average molecular weight is 458 g/mol. The van der Waals surface area contributed by atoms with Gasteiger partial charge in [0.2, 0.25) is 0 Å². The Labute approximate surface area is 195 Å². The van der Waals surface area contributed by atoms with Crippen LogP contribution >= 0.6 is 23.2 Å². The fourth-order valence-corrected chi connectivity index (χ4v) is 3.48. The first-order valence-electron chi connectivity index (χ1n) is 12.8. The number of hydrogen-bond acceptors (Lipinski definition) is 5. The fourth-order valence-electron chi connectivity index (χ4n) is 2.94. The number of nitrogen functional groups attached to an aromatic ring is 1. The molecule has 0 unspecified atom stereocenters. The number of nitrogens with zero attached hydrogens (tertiary/aromatic N) is 3. The third kappa shape index (κ3) is 4.24. The molecule has 0 bridgehead atoms. The first-order chi connectivity index (χ1) is 17.4. The molecule has 2 aromatic heterocycles. The van der Waals surface area contributed by atoms with Crippen molar-refractivity contribution in [3.05, 3.63) is 58.2 Å². The Kier molecular flexibility index (Phi) is 3.85. The number of nitrogens with one attached hydrogen (secondary N) is 1. The Morgan fingerprint density at radius 2 is 2.17 bits per heavy atom. The molecule has 0 spiro atoms. The summed E-state index contributed by atoms with van der Waals surface area (Å²) in [6, 6.07) is 2.72. The fraction of sp³-hybridized carbons (Fsp3) is 0.333. The van der Waals surface area contributed by atoms with Gasteiger partial charge in [0.25, 0.3) is 0 Å². The van der Waals surface area contributed by atoms with Gasteiger partial charge >= 0.3 is 0 Å². The van der Waals surface area contributed by atoms with Crippen LogP contribution in [0.15, 0.2) is 36.8 Å². The molecule has 0 radical (unpaired) electrons. The minimum atomic E-state index is -3.20. The molecule has 158 valence electrons. The summed E-state index contributed by atoms with van der Waals surface area (Å²) < 4.78 is 85.6. The maximum atomic E-state index is 14.2. The van der Waals surface area contributed by atoms with E-state index in [0.717, 1.165) is 12.1 Å². The molecule has 3 heterocycles. The molecule has 30 heavy (non-hydrogen) atoms. The van der Waals surface area contributed by atoms with Gasteiger partial charge in [0.1, 0.15) is 11.9 Å². The molecule has 1 aromatic carbocycles. The van der Waals surface area contributed by atoms with Crippen molar-refractivity contribution in [1.82, 2.24) is 20.1 Å². The molecule has 3 N–H and O–H groups in total. The Hall–Kier alpha value is -2.35. The molecule has 0 aliphatic carbocycles. The molecule has 1 saturated heterocycles. The summed E-state index contributed by atoms with van der Waals surface area (Å²) >= 11 is 12.1. The zero-order valence-electron chi connectivity index (χ0n) is 23.4. The minimum absolute atomic E-state index is 0.0307. The second-order valence-corrected chi connectivity index (χ2v) is 7.29. The van der Waals surface area contributed by atoms with Gasteiger partial charge in [0.15, 0.2) is 11.6 Å². The highest BCUT2D eigenvalue weighted by Crippen LogP contribution is 2.37. The number of nitrogens with two attached hydrogens (primary N) is 1. The van der Waals surface area contributed by atoms with E-state index in [-0.39, 0.29) is 29.4 Å². The van der Waals surface area contributed by atoms with Gasteiger partial charge in [0, 0.05) is 43.7 Å². The van der Waals surface area contributed by atoms with Crippen molar-refractivity contribution < 1.29 is 20.1 Å². The summed E-state index contributed by atoms with van der Waals surface area (Å²) in [6.45, 7) is -7.10. The van der Waals surface area contributed by atoms with Crippen LogP contribution in [0, 0.1) is 5.82 Å². The standard InChI is InChI=1S/C21H22Cl2FN5O/c1-12(19-16(22)2-3-17(24)20(19)23)30-18-8-13(9-27-21(18)25)14-10-28-29(11-14)15-4-6-26-7-5-15/h2-3,8-12,15,26H,4-7H2,1H3,(H2,25,27)/t12-/m0/s1/i1D3,6D2,7D2,12D. The number of halogens is 3. The van der Waals surface area contributed by atoms with E-state index in [1.54, 1.807) is 6.20 Å². The van der Waals surface area contributed by atoms with E-state index in [2.05, 4.69) is 15.4 Å². The Morgan fingerprint density at radius 3 is 2.93 bits per heavy atom. The van der Waals surface area contributed by atoms with Crippen LogP contribution in [0.1, 0.15) is 48.3 Å². The van der Waals surface area contributed by atoms with Crippen LogP contribution in [0.5, 0.6) is 5.75 Å². The maximum Gasteiger partial charge on any atom is 0.166 e. The van der Waals surface area contributed by atoms with E-state index >= 15 is 0 Å². The Bertz CT molecular complexity index is 1360. The van der Waals surface area contributed by atoms with Crippen LogP contribution in [0.3, 0.4) is 0 Å². The summed E-state index contributed by atoms with van der Waals surface area (Å²) in [5, 5.41) is 5.58. The number of ether oxygens (including phenoxy) is 1. The second kappa shape index (κ2) is 8.79. The van der Waals surface area contributed by atoms with Gasteiger partial charge in [0.05, 0.1) is 18.6 Å². The summed E-state index contributed by atoms with van der Waals surface area (Å²) in [5.74, 6) is -1.56. The number of piperidine rings is 1. The third-order valence-electron chi connectivity index (χ3n) is 4.53. The topological polar surface area (TPSA) is 78.0 Å². The number of pyridine rings is 1. The highest BCUT2D eigenvalue weighted by Gasteiger charge is 2.21. The smallest absolute Gasteiger partial charge is 0.166 e. The predicted molar refractivity (Wildman–Crippen MR) is 116 cm³/mol. The summed E-state index contributed by atoms with van der Waals surface area (Å²) in [6.07, 6.45) is 1.31. The predicted octanol–water partition coefficient (Wildman–Crippen LogP) is 5.04. The monoisotopic (exact) mass is 457 g/mol. The summed E-state index contributed by atoms with van der Waals surface area (Å²) in [4.78, 5) is 4.02. The van der Waals surface area contributed by atoms with E-state index in [4.69, 9.17) is 44.6 Å². The lowest BCUT2D eigenvalue weighted by Gasteiger charge is -2.22. The van der Waals surface area contributed by atoms with Crippen LogP contribution in [0.25, 0.3) is 11.1 Å². The number of benzene rings is 1. The molecule has 0 saturated carbocycles. The van der Waals surface area contributed by atoms with Crippen LogP contribution in [0.4, 0.5) is 10.2 Å². The number of aromatic nitrogens is 3. The summed E-state index contributed by atoms with van der Waals surface area (Å²) in [5.41, 5.74) is 6.13. The van der Waals surface area contributed by atoms with Gasteiger partial charge in [-0.25, -0.2) is 9.37 Å². The van der Waals surface area contributed by atoms with Gasteiger partial charge in [-0.2, -0.15) is 5.10 Å². The second-order valence-electron chi connectivity index (χ2n) is 6.51. The van der Waals surface area contributed by atoms with E-state index < -0.39 is 48.4 Å². The van der Waals surface area contributed by atoms with Gasteiger partial charge in [-0.3, -0.25) is 4.68 Å². The average Bonchev–Trinajstić information content (AvgIpc) is 3.26. The van der Waals surface area contributed by atoms with Crippen molar-refractivity contribution in [3.63, 3.8) is 0 Å². The van der Waals surface area contributed by atoms with E-state index in [0.29, 0.717) is 11.1 Å². The summed E-state index contributed by atoms with van der Waals surface area (Å²) in [7, 11) is 0. The largest absolute Gasteiger partial charge is 0.482 e. The SMILES string of the molecule is [2H]C1([2H])CC(n2cc(-c3cnc(N)c(O[C@]([2H])(c4c(Cl)ccc(F)c4Cl)C([2H])([2H])[2H])c3)cn2)CC([2H])([2H])N1. The lowest BCUT2D eigenvalue weighted by atomic mass is 10.1. The molecule has 4 rings (SSSR count). The number of rotatable bonds is 5. The molecule has 3 aromatic rings. The molecular formula is C21H22Cl2FN5O. The van der Waals surface area contributed by atoms with Crippen molar-refractivity contribution in [2.75, 3.05) is 18.7 Å². The normalized spacial score (nSPS) is 24.6. The van der Waals surface area contributed by atoms with Crippen molar-refractivity contribution in [1.29, 1.82) is 0 Å². The van der Waals surface area contributed by atoms with Crippen molar-refractivity contribution in [2.45, 2.75) is 31.8 Å². The first kappa shape index (κ1) is 13.1. The van der Waals surface area contributed by atoms with Gasteiger partial charge in [-0.15, -0.1) is 0 Å². The zero-order valence-corrected chi connectivity index (χ0v) is 16.9. The van der Waals surface area contributed by atoms with Crippen LogP contribution in [-0.4, -0.2) is 27.8 Å². The van der Waals surface area contributed by atoms with Gasteiger partial charge < -0.3 is 15.8 Å². The zero-order chi connectivity index (χ0) is 28.3. The molecule has 1 atom stereocenters. The molecule has 1 aliphatic heterocycles. The molecule has 1 fully saturated rings. The van der Waals surface area contributed by atoms with Gasteiger partial charge in [-0.05, 0) is 50.9 Å². The van der Waals surface area contributed by atoms with Crippen molar-refractivity contribution in [3.8, 4) is 16.9 Å². The third-order valence-corrected chi connectivity index (χ3v) is 5.21. The molecule has 1 aliphatic rings. The Morgan fingerprint density at radius 1 is 1.37 bits per heavy atom. The molecular weight excluding hydrogens is 428 g/mol. The van der Waals surface area contributed by atoms with Crippen molar-refractivity contribution in [2.24, 2.45) is 0 Å². The van der Waals surface area contributed by atoms with Crippen LogP contribution in [0.2, 0.25) is 10.0 Å². The lowest BCUT2D eigenvalue weighted by Crippen LogP contribution is -2.29. The van der Waals surface area contributed by atoms with E-state index in [1.807, 2.05) is 0 Å². The lowest BCUT2D eigenvalue weighted by molar-refractivity contribution is 0.227. The molecule has 6 nitrogen and oxygen atoms in total. The van der Waals surface area contributed by atoms with Gasteiger partial charge in [-0.1, -0.05) is 23.2 Å². The quantitative estimate of drug-likeness (QED) is 0.524. The maximum absolute atomic E-state index is 14.2. The number of hydrogen-bond donors (Lipinski definition) is 2. The van der Waals surface area contributed by atoms with E-state index in [1.165, 1.54) is 23.1 Å². The Balaban J connectivity index is 1.71. The minimum Gasteiger partial charge on any atom is -0.482 e. The van der Waals surface area contributed by atoms with Crippen LogP contribution in [-0.2, 0) is 0 Å². The highest BCUT2D eigenvalue weighted by atomic mass is 35.5. The number of anilines is 1. The first-order valence-corrected chi connectivity index (χ1v) is 9.60. The van der Waals surface area contributed by atoms with Crippen LogP contribution < -0.4 is 15.8 Å². The molecule has 0 amide bonds.